The number of amides is 1. The number of hydrogen-bond acceptors (Lipinski definition) is 7. The molecular formula is C16H21N5O4. The molecular weight excluding hydrogens is 326 g/mol. The number of esters is 1. The van der Waals surface area contributed by atoms with Crippen LogP contribution in [-0.4, -0.2) is 49.2 Å². The molecule has 134 valence electrons. The number of rotatable bonds is 7. The molecule has 0 saturated carbocycles. The van der Waals surface area contributed by atoms with Gasteiger partial charge < -0.3 is 26.4 Å². The van der Waals surface area contributed by atoms with Crippen molar-refractivity contribution in [2.45, 2.75) is 25.0 Å². The van der Waals surface area contributed by atoms with Crippen LogP contribution in [0.4, 0.5) is 0 Å². The van der Waals surface area contributed by atoms with Gasteiger partial charge in [0.15, 0.2) is 0 Å². The molecule has 1 amide bonds. The van der Waals surface area contributed by atoms with Gasteiger partial charge in [0.1, 0.15) is 18.0 Å². The van der Waals surface area contributed by atoms with Crippen molar-refractivity contribution < 1.29 is 19.2 Å². The van der Waals surface area contributed by atoms with E-state index >= 15 is 0 Å². The molecule has 6 N–H and O–H groups in total. The summed E-state index contributed by atoms with van der Waals surface area (Å²) in [6, 6.07) is 6.17. The lowest BCUT2D eigenvalue weighted by molar-refractivity contribution is -0.142. The molecule has 1 aliphatic heterocycles. The number of ether oxygens (including phenoxy) is 1. The highest BCUT2D eigenvalue weighted by molar-refractivity contribution is 6.02. The van der Waals surface area contributed by atoms with Crippen molar-refractivity contribution in [3.8, 4) is 0 Å². The van der Waals surface area contributed by atoms with Crippen molar-refractivity contribution in [3.63, 3.8) is 0 Å². The van der Waals surface area contributed by atoms with Crippen molar-refractivity contribution in [2.24, 2.45) is 16.6 Å². The van der Waals surface area contributed by atoms with Crippen molar-refractivity contribution >= 4 is 23.4 Å². The molecule has 0 radical (unpaired) electrons. The summed E-state index contributed by atoms with van der Waals surface area (Å²) >= 11 is 0. The van der Waals surface area contributed by atoms with Crippen LogP contribution in [0.15, 0.2) is 29.4 Å². The van der Waals surface area contributed by atoms with E-state index in [-0.39, 0.29) is 30.8 Å². The van der Waals surface area contributed by atoms with Gasteiger partial charge in [-0.1, -0.05) is 29.4 Å². The first-order valence-electron chi connectivity index (χ1n) is 7.68. The van der Waals surface area contributed by atoms with Gasteiger partial charge in [0.25, 0.3) is 0 Å². The molecule has 0 unspecified atom stereocenters. The van der Waals surface area contributed by atoms with E-state index in [0.717, 1.165) is 11.3 Å². The summed E-state index contributed by atoms with van der Waals surface area (Å²) in [5, 5.41) is 13.9. The Labute approximate surface area is 144 Å². The van der Waals surface area contributed by atoms with Crippen LogP contribution in [0.1, 0.15) is 24.0 Å². The lowest BCUT2D eigenvalue weighted by Crippen LogP contribution is -2.43. The third-order valence-electron chi connectivity index (χ3n) is 3.70. The first-order chi connectivity index (χ1) is 11.9. The second-order valence-corrected chi connectivity index (χ2v) is 5.60. The number of carbonyl (C=O) groups is 2. The minimum Gasteiger partial charge on any atom is -0.468 e. The Kier molecular flexibility index (Phi) is 6.07. The van der Waals surface area contributed by atoms with Crippen LogP contribution in [0, 0.1) is 5.41 Å². The zero-order valence-corrected chi connectivity index (χ0v) is 13.8. The lowest BCUT2D eigenvalue weighted by atomic mass is 10.0. The molecule has 0 spiro atoms. The summed E-state index contributed by atoms with van der Waals surface area (Å²) in [7, 11) is 1.23. The van der Waals surface area contributed by atoms with Gasteiger partial charge in [0, 0.05) is 18.5 Å². The Morgan fingerprint density at radius 3 is 2.72 bits per heavy atom. The molecule has 25 heavy (non-hydrogen) atoms. The number of nitrogens with zero attached hydrogens (tertiary/aromatic N) is 1. The topological polar surface area (TPSA) is 153 Å². The molecule has 2 rings (SSSR count). The number of nitrogen functional groups attached to an aromatic ring is 1. The van der Waals surface area contributed by atoms with Crippen LogP contribution in [-0.2, 0) is 19.2 Å². The number of nitrogens with one attached hydrogen (secondary N) is 2. The van der Waals surface area contributed by atoms with Crippen LogP contribution in [0.5, 0.6) is 0 Å². The van der Waals surface area contributed by atoms with Gasteiger partial charge >= 0.3 is 5.97 Å². The number of carbonyl (C=O) groups excluding carboxylic acids is 2. The molecule has 9 heteroatoms. The summed E-state index contributed by atoms with van der Waals surface area (Å²) < 4.78 is 4.48. The summed E-state index contributed by atoms with van der Waals surface area (Å²) in [4.78, 5) is 28.3. The van der Waals surface area contributed by atoms with Crippen molar-refractivity contribution in [1.29, 1.82) is 5.41 Å². The normalized spacial score (nSPS) is 17.2. The molecule has 0 fully saturated rings. The van der Waals surface area contributed by atoms with E-state index < -0.39 is 12.0 Å². The average Bonchev–Trinajstić information content (AvgIpc) is 3.07. The molecule has 1 heterocycles. The highest BCUT2D eigenvalue weighted by atomic mass is 16.6. The SMILES string of the molecule is COC(=O)[C@@H](N)CNC(=O)C[C@H]1CC(c2ccc(C(=N)N)cc2)=NO1. The summed E-state index contributed by atoms with van der Waals surface area (Å²) in [6.07, 6.45) is 0.208. The Hall–Kier alpha value is -2.94. The van der Waals surface area contributed by atoms with E-state index in [4.69, 9.17) is 21.7 Å². The van der Waals surface area contributed by atoms with Crippen LogP contribution in [0.2, 0.25) is 0 Å². The van der Waals surface area contributed by atoms with Crippen LogP contribution in [0.3, 0.4) is 0 Å². The first kappa shape index (κ1) is 18.4. The van der Waals surface area contributed by atoms with E-state index in [1.807, 2.05) is 0 Å². The number of amidine groups is 1. The fourth-order valence-corrected chi connectivity index (χ4v) is 2.29. The van der Waals surface area contributed by atoms with Crippen LogP contribution >= 0.6 is 0 Å². The van der Waals surface area contributed by atoms with Gasteiger partial charge in [-0.2, -0.15) is 0 Å². The van der Waals surface area contributed by atoms with Gasteiger partial charge in [-0.3, -0.25) is 15.0 Å². The molecule has 1 aromatic rings. The Morgan fingerprint density at radius 2 is 2.12 bits per heavy atom. The summed E-state index contributed by atoms with van der Waals surface area (Å²) in [5.74, 6) is -0.874. The van der Waals surface area contributed by atoms with Crippen molar-refractivity contribution in [3.05, 3.63) is 35.4 Å². The van der Waals surface area contributed by atoms with E-state index in [9.17, 15) is 9.59 Å². The predicted molar refractivity (Wildman–Crippen MR) is 91.1 cm³/mol. The molecule has 0 aliphatic carbocycles. The molecule has 0 aromatic heterocycles. The van der Waals surface area contributed by atoms with Crippen LogP contribution < -0.4 is 16.8 Å². The van der Waals surface area contributed by atoms with Gasteiger partial charge in [0.05, 0.1) is 19.2 Å². The number of methoxy groups -OCH3 is 1. The van der Waals surface area contributed by atoms with E-state index in [0.29, 0.717) is 12.0 Å². The highest BCUT2D eigenvalue weighted by Crippen LogP contribution is 2.19. The molecule has 1 aromatic carbocycles. The molecule has 2 atom stereocenters. The minimum atomic E-state index is -0.898. The first-order valence-corrected chi connectivity index (χ1v) is 7.68. The van der Waals surface area contributed by atoms with Crippen LogP contribution in [0.25, 0.3) is 0 Å². The van der Waals surface area contributed by atoms with Gasteiger partial charge in [-0.05, 0) is 5.56 Å². The Morgan fingerprint density at radius 1 is 1.44 bits per heavy atom. The highest BCUT2D eigenvalue weighted by Gasteiger charge is 2.25. The fraction of sp³-hybridized carbons (Fsp3) is 0.375. The van der Waals surface area contributed by atoms with Gasteiger partial charge in [-0.25, -0.2) is 0 Å². The van der Waals surface area contributed by atoms with E-state index in [1.165, 1.54) is 7.11 Å². The number of oxime groups is 1. The average molecular weight is 347 g/mol. The molecule has 0 saturated heterocycles. The Balaban J connectivity index is 1.80. The maximum Gasteiger partial charge on any atom is 0.324 e. The zero-order valence-electron chi connectivity index (χ0n) is 13.8. The third kappa shape index (κ3) is 5.01. The maximum absolute atomic E-state index is 11.9. The quantitative estimate of drug-likeness (QED) is 0.295. The molecule has 9 nitrogen and oxygen atoms in total. The number of nitrogens with two attached hydrogens (primary N) is 2. The van der Waals surface area contributed by atoms with E-state index in [2.05, 4.69) is 15.2 Å². The minimum absolute atomic E-state index is 0.00154. The fourth-order valence-electron chi connectivity index (χ4n) is 2.29. The summed E-state index contributed by atoms with van der Waals surface area (Å²) in [5.41, 5.74) is 13.2. The Bertz CT molecular complexity index is 686. The van der Waals surface area contributed by atoms with Crippen molar-refractivity contribution in [1.82, 2.24) is 5.32 Å². The second kappa shape index (κ2) is 8.25. The van der Waals surface area contributed by atoms with Gasteiger partial charge in [-0.15, -0.1) is 0 Å². The molecule has 0 bridgehead atoms. The monoisotopic (exact) mass is 347 g/mol. The van der Waals surface area contributed by atoms with Crippen molar-refractivity contribution in [2.75, 3.05) is 13.7 Å². The number of benzene rings is 1. The second-order valence-electron chi connectivity index (χ2n) is 5.60. The number of hydrogen-bond donors (Lipinski definition) is 4. The van der Waals surface area contributed by atoms with Gasteiger partial charge in [0.2, 0.25) is 5.91 Å². The maximum atomic E-state index is 11.9. The third-order valence-corrected chi connectivity index (χ3v) is 3.70. The molecule has 1 aliphatic rings. The zero-order chi connectivity index (χ0) is 18.4. The standard InChI is InChI=1S/C16H21N5O4/c1-24-16(23)12(17)8-20-14(22)7-11-6-13(21-25-11)9-2-4-10(5-3-9)15(18)19/h2-5,11-12H,6-8,17H2,1H3,(H3,18,19)(H,20,22)/t11-,12+/m1/s1. The smallest absolute Gasteiger partial charge is 0.324 e. The lowest BCUT2D eigenvalue weighted by Gasteiger charge is -2.12. The largest absolute Gasteiger partial charge is 0.468 e. The summed E-state index contributed by atoms with van der Waals surface area (Å²) in [6.45, 7) is -0.00154. The predicted octanol–water partition coefficient (Wildman–Crippen LogP) is -0.530. The van der Waals surface area contributed by atoms with E-state index in [1.54, 1.807) is 24.3 Å².